The first kappa shape index (κ1) is 16.6. The van der Waals surface area contributed by atoms with Gasteiger partial charge in [-0.25, -0.2) is 0 Å². The molecule has 8 nitrogen and oxygen atoms in total. The average Bonchev–Trinajstić information content (AvgIpc) is 3.37. The van der Waals surface area contributed by atoms with Crippen LogP contribution in [0.1, 0.15) is 5.89 Å². The van der Waals surface area contributed by atoms with Gasteiger partial charge in [0.25, 0.3) is 0 Å². The van der Waals surface area contributed by atoms with E-state index in [0.717, 1.165) is 28.7 Å². The molecule has 0 atom stereocenters. The van der Waals surface area contributed by atoms with Crippen molar-refractivity contribution < 1.29 is 9.21 Å². The maximum Gasteiger partial charge on any atom is 0.247 e. The number of piperazine rings is 1. The minimum Gasteiger partial charge on any atom is -0.419 e. The predicted octanol–water partition coefficient (Wildman–Crippen LogP) is 2.46. The number of nitrogens with one attached hydrogen (secondary N) is 1. The molecule has 0 aliphatic carbocycles. The van der Waals surface area contributed by atoms with Crippen molar-refractivity contribution in [3.63, 3.8) is 0 Å². The molecule has 1 aliphatic rings. The Bertz CT molecular complexity index is 1120. The molecule has 0 spiro atoms. The van der Waals surface area contributed by atoms with Crippen LogP contribution in [0.15, 0.2) is 59.1 Å². The molecule has 8 heteroatoms. The Kier molecular flexibility index (Phi) is 4.10. The number of aromatic nitrogens is 4. The summed E-state index contributed by atoms with van der Waals surface area (Å²) < 4.78 is 5.76. The SMILES string of the molecule is O=C1CN(Cc2nnc(-c3ccccc3)o2)CCN1c1ccc2cn[nH]c2c1. The van der Waals surface area contributed by atoms with E-state index >= 15 is 0 Å². The van der Waals surface area contributed by atoms with Gasteiger partial charge in [0, 0.05) is 29.7 Å². The van der Waals surface area contributed by atoms with Crippen LogP contribution in [0.2, 0.25) is 0 Å². The minimum absolute atomic E-state index is 0.0490. The number of benzene rings is 2. The summed E-state index contributed by atoms with van der Waals surface area (Å²) in [5, 5.41) is 16.2. The monoisotopic (exact) mass is 374 g/mol. The molecule has 0 saturated carbocycles. The van der Waals surface area contributed by atoms with Crippen LogP contribution in [-0.2, 0) is 11.3 Å². The molecule has 3 heterocycles. The molecule has 0 bridgehead atoms. The molecule has 5 rings (SSSR count). The van der Waals surface area contributed by atoms with Crippen molar-refractivity contribution in [3.8, 4) is 11.5 Å². The molecule has 0 radical (unpaired) electrons. The number of carbonyl (C=O) groups is 1. The third-order valence-electron chi connectivity index (χ3n) is 4.88. The highest BCUT2D eigenvalue weighted by atomic mass is 16.4. The molecule has 0 unspecified atom stereocenters. The lowest BCUT2D eigenvalue weighted by atomic mass is 10.2. The minimum atomic E-state index is 0.0490. The normalized spacial score (nSPS) is 15.4. The van der Waals surface area contributed by atoms with Gasteiger partial charge in [0.15, 0.2) is 0 Å². The van der Waals surface area contributed by atoms with Crippen LogP contribution in [0.4, 0.5) is 5.69 Å². The summed E-state index contributed by atoms with van der Waals surface area (Å²) in [6.45, 7) is 2.11. The fraction of sp³-hybridized carbons (Fsp3) is 0.200. The summed E-state index contributed by atoms with van der Waals surface area (Å²) >= 11 is 0. The molecule has 28 heavy (non-hydrogen) atoms. The van der Waals surface area contributed by atoms with Gasteiger partial charge in [0.1, 0.15) is 0 Å². The topological polar surface area (TPSA) is 91.2 Å². The van der Waals surface area contributed by atoms with E-state index < -0.39 is 0 Å². The third kappa shape index (κ3) is 3.14. The number of hydrogen-bond donors (Lipinski definition) is 1. The van der Waals surface area contributed by atoms with Crippen LogP contribution in [0.5, 0.6) is 0 Å². The maximum atomic E-state index is 12.7. The van der Waals surface area contributed by atoms with E-state index in [9.17, 15) is 4.79 Å². The van der Waals surface area contributed by atoms with Crippen LogP contribution in [0, 0.1) is 0 Å². The fourth-order valence-electron chi connectivity index (χ4n) is 3.43. The molecule has 2 aromatic heterocycles. The Labute approximate surface area is 160 Å². The second-order valence-corrected chi connectivity index (χ2v) is 6.76. The Hall–Kier alpha value is -3.52. The van der Waals surface area contributed by atoms with Gasteiger partial charge in [-0.3, -0.25) is 14.8 Å². The largest absolute Gasteiger partial charge is 0.419 e. The lowest BCUT2D eigenvalue weighted by molar-refractivity contribution is -0.121. The van der Waals surface area contributed by atoms with E-state index in [1.165, 1.54) is 0 Å². The third-order valence-corrected chi connectivity index (χ3v) is 4.88. The second kappa shape index (κ2) is 6.90. The molecule has 2 aromatic carbocycles. The highest BCUT2D eigenvalue weighted by molar-refractivity contribution is 5.97. The van der Waals surface area contributed by atoms with E-state index in [0.29, 0.717) is 31.4 Å². The number of rotatable bonds is 4. The molecule has 1 amide bonds. The van der Waals surface area contributed by atoms with E-state index in [4.69, 9.17) is 4.42 Å². The zero-order valence-corrected chi connectivity index (χ0v) is 15.1. The van der Waals surface area contributed by atoms with Crippen molar-refractivity contribution in [3.05, 3.63) is 60.6 Å². The number of nitrogens with zero attached hydrogens (tertiary/aromatic N) is 5. The second-order valence-electron chi connectivity index (χ2n) is 6.76. The van der Waals surface area contributed by atoms with Gasteiger partial charge in [0.2, 0.25) is 17.7 Å². The van der Waals surface area contributed by atoms with Crippen LogP contribution >= 0.6 is 0 Å². The van der Waals surface area contributed by atoms with Gasteiger partial charge in [-0.1, -0.05) is 18.2 Å². The quantitative estimate of drug-likeness (QED) is 0.590. The Balaban J connectivity index is 1.26. The number of fused-ring (bicyclic) bond motifs is 1. The first-order valence-electron chi connectivity index (χ1n) is 9.10. The molecule has 1 N–H and O–H groups in total. The average molecular weight is 374 g/mol. The van der Waals surface area contributed by atoms with Crippen molar-refractivity contribution in [2.75, 3.05) is 24.5 Å². The number of carbonyl (C=O) groups excluding carboxylic acids is 1. The van der Waals surface area contributed by atoms with Gasteiger partial charge >= 0.3 is 0 Å². The van der Waals surface area contributed by atoms with Crippen LogP contribution in [-0.4, -0.2) is 50.8 Å². The Morgan fingerprint density at radius 2 is 1.96 bits per heavy atom. The first-order chi connectivity index (χ1) is 13.8. The van der Waals surface area contributed by atoms with Gasteiger partial charge < -0.3 is 9.32 Å². The summed E-state index contributed by atoms with van der Waals surface area (Å²) in [5.74, 6) is 1.06. The van der Waals surface area contributed by atoms with Gasteiger partial charge in [0.05, 0.1) is 24.8 Å². The van der Waals surface area contributed by atoms with E-state index in [1.807, 2.05) is 53.4 Å². The Morgan fingerprint density at radius 3 is 2.82 bits per heavy atom. The molecule has 140 valence electrons. The standard InChI is InChI=1S/C20H18N6O2/c27-19-13-25(12-18-23-24-20(28-18)14-4-2-1-3-5-14)8-9-26(19)16-7-6-15-11-21-22-17(15)10-16/h1-7,10-11H,8-9,12-13H2,(H,21,22). The van der Waals surface area contributed by atoms with Crippen molar-refractivity contribution in [1.29, 1.82) is 0 Å². The zero-order chi connectivity index (χ0) is 18.9. The van der Waals surface area contributed by atoms with Crippen molar-refractivity contribution in [1.82, 2.24) is 25.3 Å². The van der Waals surface area contributed by atoms with E-state index in [1.54, 1.807) is 11.1 Å². The molecular formula is C20H18N6O2. The van der Waals surface area contributed by atoms with Crippen LogP contribution < -0.4 is 4.90 Å². The number of H-pyrrole nitrogens is 1. The predicted molar refractivity (Wildman–Crippen MR) is 103 cm³/mol. The molecule has 1 fully saturated rings. The molecule has 4 aromatic rings. The molecule has 1 aliphatic heterocycles. The lowest BCUT2D eigenvalue weighted by Crippen LogP contribution is -2.50. The molecular weight excluding hydrogens is 356 g/mol. The summed E-state index contributed by atoms with van der Waals surface area (Å²) in [6.07, 6.45) is 1.77. The summed E-state index contributed by atoms with van der Waals surface area (Å²) in [7, 11) is 0. The summed E-state index contributed by atoms with van der Waals surface area (Å²) in [6, 6.07) is 15.5. The first-order valence-corrected chi connectivity index (χ1v) is 9.10. The number of aromatic amines is 1. The van der Waals surface area contributed by atoms with Crippen molar-refractivity contribution in [2.24, 2.45) is 0 Å². The van der Waals surface area contributed by atoms with Crippen molar-refractivity contribution >= 4 is 22.5 Å². The number of amides is 1. The highest BCUT2D eigenvalue weighted by Gasteiger charge is 2.26. The zero-order valence-electron chi connectivity index (χ0n) is 15.1. The van der Waals surface area contributed by atoms with Gasteiger partial charge in [-0.05, 0) is 30.3 Å². The smallest absolute Gasteiger partial charge is 0.247 e. The number of anilines is 1. The number of hydrogen-bond acceptors (Lipinski definition) is 6. The maximum absolute atomic E-state index is 12.7. The van der Waals surface area contributed by atoms with E-state index in [2.05, 4.69) is 20.4 Å². The summed E-state index contributed by atoms with van der Waals surface area (Å²) in [5.41, 5.74) is 2.69. The van der Waals surface area contributed by atoms with Crippen molar-refractivity contribution in [2.45, 2.75) is 6.54 Å². The van der Waals surface area contributed by atoms with E-state index in [-0.39, 0.29) is 5.91 Å². The van der Waals surface area contributed by atoms with Crippen LogP contribution in [0.3, 0.4) is 0 Å². The fourth-order valence-corrected chi connectivity index (χ4v) is 3.43. The van der Waals surface area contributed by atoms with Gasteiger partial charge in [-0.2, -0.15) is 5.10 Å². The Morgan fingerprint density at radius 1 is 1.07 bits per heavy atom. The lowest BCUT2D eigenvalue weighted by Gasteiger charge is -2.33. The molecule has 1 saturated heterocycles. The van der Waals surface area contributed by atoms with Gasteiger partial charge in [-0.15, -0.1) is 10.2 Å². The van der Waals surface area contributed by atoms with Crippen LogP contribution in [0.25, 0.3) is 22.4 Å². The summed E-state index contributed by atoms with van der Waals surface area (Å²) in [4.78, 5) is 16.5. The highest BCUT2D eigenvalue weighted by Crippen LogP contribution is 2.23.